The van der Waals surface area contributed by atoms with E-state index in [1.165, 1.54) is 13.0 Å². The third-order valence-electron chi connectivity index (χ3n) is 3.15. The Hall–Kier alpha value is -2.30. The molecular formula is C16H21NO4. The Morgan fingerprint density at radius 2 is 1.76 bits per heavy atom. The molecule has 2 N–H and O–H groups in total. The van der Waals surface area contributed by atoms with E-state index in [2.05, 4.69) is 5.32 Å². The van der Waals surface area contributed by atoms with Crippen LogP contribution < -0.4 is 10.1 Å². The fourth-order valence-electron chi connectivity index (χ4n) is 2.12. The molecular weight excluding hydrogens is 270 g/mol. The van der Waals surface area contributed by atoms with Crippen molar-refractivity contribution in [3.05, 3.63) is 34.5 Å². The van der Waals surface area contributed by atoms with E-state index < -0.39 is 11.9 Å². The fraction of sp³-hybridized carbons (Fsp3) is 0.375. The highest BCUT2D eigenvalue weighted by Gasteiger charge is 2.13. The summed E-state index contributed by atoms with van der Waals surface area (Å²) in [5.41, 5.74) is 2.66. The van der Waals surface area contributed by atoms with Crippen molar-refractivity contribution in [3.8, 4) is 5.75 Å². The second kappa shape index (κ2) is 7.47. The Morgan fingerprint density at radius 3 is 2.10 bits per heavy atom. The number of benzene rings is 1. The van der Waals surface area contributed by atoms with Crippen LogP contribution >= 0.6 is 0 Å². The number of nitrogens with one attached hydrogen (secondary N) is 1. The second-order valence-corrected chi connectivity index (χ2v) is 4.61. The molecule has 1 aromatic carbocycles. The van der Waals surface area contributed by atoms with Gasteiger partial charge in [0.15, 0.2) is 0 Å². The molecule has 0 bridgehead atoms. The van der Waals surface area contributed by atoms with E-state index in [1.807, 2.05) is 26.0 Å². The van der Waals surface area contributed by atoms with Gasteiger partial charge >= 0.3 is 5.97 Å². The Labute approximate surface area is 124 Å². The summed E-state index contributed by atoms with van der Waals surface area (Å²) < 4.78 is 5.26. The zero-order valence-electron chi connectivity index (χ0n) is 12.8. The minimum Gasteiger partial charge on any atom is -0.497 e. The normalized spacial score (nSPS) is 11.1. The number of methoxy groups -OCH3 is 1. The first-order chi connectivity index (χ1) is 9.92. The second-order valence-electron chi connectivity index (χ2n) is 4.61. The third-order valence-corrected chi connectivity index (χ3v) is 3.15. The predicted octanol–water partition coefficient (Wildman–Crippen LogP) is 2.38. The van der Waals surface area contributed by atoms with E-state index in [0.29, 0.717) is 0 Å². The average Bonchev–Trinajstić information content (AvgIpc) is 2.45. The molecule has 1 amide bonds. The molecule has 0 spiro atoms. The van der Waals surface area contributed by atoms with Gasteiger partial charge in [0.25, 0.3) is 0 Å². The summed E-state index contributed by atoms with van der Waals surface area (Å²) in [7, 11) is 1.60. The summed E-state index contributed by atoms with van der Waals surface area (Å²) in [6, 6.07) is 3.77. The number of hydrogen-bond acceptors (Lipinski definition) is 3. The first-order valence-corrected chi connectivity index (χ1v) is 6.85. The highest BCUT2D eigenvalue weighted by molar-refractivity contribution is 5.96. The smallest absolute Gasteiger partial charge is 0.352 e. The van der Waals surface area contributed by atoms with Crippen molar-refractivity contribution in [2.24, 2.45) is 0 Å². The molecule has 0 radical (unpaired) electrons. The van der Waals surface area contributed by atoms with Crippen LogP contribution in [-0.2, 0) is 22.4 Å². The van der Waals surface area contributed by atoms with Gasteiger partial charge in [0.05, 0.1) is 7.11 Å². The molecule has 1 aromatic rings. The van der Waals surface area contributed by atoms with Crippen molar-refractivity contribution in [2.75, 3.05) is 7.11 Å². The number of aryl methyl sites for hydroxylation is 2. The molecule has 5 heteroatoms. The van der Waals surface area contributed by atoms with E-state index >= 15 is 0 Å². The van der Waals surface area contributed by atoms with Gasteiger partial charge in [0, 0.05) is 6.92 Å². The van der Waals surface area contributed by atoms with Gasteiger partial charge in [0.2, 0.25) is 5.91 Å². The van der Waals surface area contributed by atoms with Gasteiger partial charge in [-0.15, -0.1) is 0 Å². The minimum atomic E-state index is -1.16. The zero-order valence-corrected chi connectivity index (χ0v) is 12.8. The van der Waals surface area contributed by atoms with E-state index in [-0.39, 0.29) is 5.70 Å². The molecule has 0 aliphatic rings. The Bertz CT molecular complexity index is 551. The summed E-state index contributed by atoms with van der Waals surface area (Å²) in [5, 5.41) is 11.6. The van der Waals surface area contributed by atoms with Crippen molar-refractivity contribution < 1.29 is 19.4 Å². The molecule has 0 aromatic heterocycles. The lowest BCUT2D eigenvalue weighted by Gasteiger charge is -2.14. The van der Waals surface area contributed by atoms with Gasteiger partial charge in [-0.1, -0.05) is 13.8 Å². The Kier molecular flexibility index (Phi) is 5.96. The highest BCUT2D eigenvalue weighted by Crippen LogP contribution is 2.26. The third kappa shape index (κ3) is 4.34. The topological polar surface area (TPSA) is 75.6 Å². The summed E-state index contributed by atoms with van der Waals surface area (Å²) in [4.78, 5) is 22.4. The van der Waals surface area contributed by atoms with Crippen LogP contribution in [-0.4, -0.2) is 24.1 Å². The number of carboxylic acids is 1. The van der Waals surface area contributed by atoms with Crippen LogP contribution in [0.5, 0.6) is 5.75 Å². The van der Waals surface area contributed by atoms with Gasteiger partial charge in [-0.2, -0.15) is 0 Å². The van der Waals surface area contributed by atoms with Gasteiger partial charge in [0.1, 0.15) is 11.4 Å². The molecule has 0 unspecified atom stereocenters. The standard InChI is InChI=1S/C16H21NO4/c1-5-11-7-13(21-4)8-12(6-2)14(11)9-15(16(19)20)17-10(3)18/h7-9H,5-6H2,1-4H3,(H,17,18)(H,19,20)/b15-9-. The number of hydrogen-bond donors (Lipinski definition) is 2. The maximum absolute atomic E-state index is 11.3. The van der Waals surface area contributed by atoms with E-state index in [4.69, 9.17) is 4.74 Å². The largest absolute Gasteiger partial charge is 0.497 e. The lowest BCUT2D eigenvalue weighted by molar-refractivity contribution is -0.134. The number of carboxylic acid groups (broad SMARTS) is 1. The maximum Gasteiger partial charge on any atom is 0.352 e. The molecule has 0 fully saturated rings. The number of aliphatic carboxylic acids is 1. The van der Waals surface area contributed by atoms with Crippen LogP contribution in [0.3, 0.4) is 0 Å². The lowest BCUT2D eigenvalue weighted by Crippen LogP contribution is -2.24. The van der Waals surface area contributed by atoms with Crippen molar-refractivity contribution in [3.63, 3.8) is 0 Å². The van der Waals surface area contributed by atoms with Crippen molar-refractivity contribution >= 4 is 18.0 Å². The number of carbonyl (C=O) groups is 2. The Balaban J connectivity index is 3.44. The van der Waals surface area contributed by atoms with Crippen molar-refractivity contribution in [2.45, 2.75) is 33.6 Å². The zero-order chi connectivity index (χ0) is 16.0. The van der Waals surface area contributed by atoms with Crippen molar-refractivity contribution in [1.82, 2.24) is 5.32 Å². The van der Waals surface area contributed by atoms with Crippen LogP contribution in [0.25, 0.3) is 6.08 Å². The molecule has 0 aliphatic carbocycles. The highest BCUT2D eigenvalue weighted by atomic mass is 16.5. The van der Waals surface area contributed by atoms with E-state index in [0.717, 1.165) is 35.3 Å². The molecule has 114 valence electrons. The molecule has 0 heterocycles. The summed E-state index contributed by atoms with van der Waals surface area (Å²) >= 11 is 0. The Morgan fingerprint density at radius 1 is 1.24 bits per heavy atom. The van der Waals surface area contributed by atoms with E-state index in [9.17, 15) is 14.7 Å². The van der Waals surface area contributed by atoms with Gasteiger partial charge < -0.3 is 15.2 Å². The van der Waals surface area contributed by atoms with Crippen LogP contribution in [0, 0.1) is 0 Å². The van der Waals surface area contributed by atoms with Crippen LogP contribution in [0.1, 0.15) is 37.5 Å². The SMILES string of the molecule is CCc1cc(OC)cc(CC)c1/C=C(\NC(C)=O)C(=O)O. The average molecular weight is 291 g/mol. The summed E-state index contributed by atoms with van der Waals surface area (Å²) in [5.74, 6) is -0.823. The minimum absolute atomic E-state index is 0.128. The number of carbonyl (C=O) groups excluding carboxylic acids is 1. The van der Waals surface area contributed by atoms with Gasteiger partial charge in [-0.05, 0) is 47.7 Å². The molecule has 1 rings (SSSR count). The first kappa shape index (κ1) is 16.8. The number of rotatable bonds is 6. The number of ether oxygens (including phenoxy) is 1. The van der Waals surface area contributed by atoms with Crippen LogP contribution in [0.15, 0.2) is 17.8 Å². The molecule has 21 heavy (non-hydrogen) atoms. The van der Waals surface area contributed by atoms with Crippen molar-refractivity contribution in [1.29, 1.82) is 0 Å². The predicted molar refractivity (Wildman–Crippen MR) is 81.2 cm³/mol. The quantitative estimate of drug-likeness (QED) is 0.789. The summed E-state index contributed by atoms with van der Waals surface area (Å²) in [6.07, 6.45) is 2.99. The summed E-state index contributed by atoms with van der Waals surface area (Å²) in [6.45, 7) is 5.26. The lowest BCUT2D eigenvalue weighted by atomic mass is 9.96. The number of amides is 1. The maximum atomic E-state index is 11.3. The van der Waals surface area contributed by atoms with Gasteiger partial charge in [-0.25, -0.2) is 4.79 Å². The van der Waals surface area contributed by atoms with E-state index in [1.54, 1.807) is 7.11 Å². The molecule has 0 saturated heterocycles. The monoisotopic (exact) mass is 291 g/mol. The molecule has 0 atom stereocenters. The van der Waals surface area contributed by atoms with Crippen LogP contribution in [0.4, 0.5) is 0 Å². The van der Waals surface area contributed by atoms with Gasteiger partial charge in [-0.3, -0.25) is 4.79 Å². The first-order valence-electron chi connectivity index (χ1n) is 6.85. The molecule has 5 nitrogen and oxygen atoms in total. The van der Waals surface area contributed by atoms with Crippen LogP contribution in [0.2, 0.25) is 0 Å². The molecule has 0 aliphatic heterocycles. The molecule has 0 saturated carbocycles. The fourth-order valence-corrected chi connectivity index (χ4v) is 2.12.